The van der Waals surface area contributed by atoms with Crippen LogP contribution in [0.1, 0.15) is 16.7 Å². The van der Waals surface area contributed by atoms with E-state index < -0.39 is 17.6 Å². The first kappa shape index (κ1) is 21.6. The Kier molecular flexibility index (Phi) is 5.97. The van der Waals surface area contributed by atoms with Gasteiger partial charge in [-0.1, -0.05) is 48.0 Å². The Morgan fingerprint density at radius 2 is 1.69 bits per heavy atom. The first-order chi connectivity index (χ1) is 15.4. The Bertz CT molecular complexity index is 1240. The Morgan fingerprint density at radius 1 is 0.969 bits per heavy atom. The van der Waals surface area contributed by atoms with Gasteiger partial charge in [0.25, 0.3) is 11.8 Å². The zero-order chi connectivity index (χ0) is 22.8. The van der Waals surface area contributed by atoms with Crippen molar-refractivity contribution < 1.29 is 18.7 Å². The minimum Gasteiger partial charge on any atom is -0.497 e. The third-order valence-corrected chi connectivity index (χ3v) is 5.77. The second-order valence-corrected chi connectivity index (χ2v) is 7.71. The number of methoxy groups -OCH3 is 1. The highest BCUT2D eigenvalue weighted by atomic mass is 35.5. The molecule has 3 aromatic carbocycles. The molecule has 2 amide bonds. The van der Waals surface area contributed by atoms with Crippen molar-refractivity contribution >= 4 is 34.7 Å². The fourth-order valence-corrected chi connectivity index (χ4v) is 3.71. The number of carbonyl (C=O) groups excluding carboxylic acids is 2. The molecule has 1 aliphatic heterocycles. The van der Waals surface area contributed by atoms with Crippen LogP contribution in [0.2, 0.25) is 5.02 Å². The minimum atomic E-state index is -0.538. The van der Waals surface area contributed by atoms with Crippen molar-refractivity contribution in [3.05, 3.63) is 100.0 Å². The quantitative estimate of drug-likeness (QED) is 0.525. The molecule has 1 aliphatic rings. The summed E-state index contributed by atoms with van der Waals surface area (Å²) in [6.45, 7) is 1.64. The second-order valence-electron chi connectivity index (χ2n) is 7.30. The number of rotatable bonds is 6. The number of hydrogen-bond donors (Lipinski definition) is 1. The van der Waals surface area contributed by atoms with E-state index >= 15 is 0 Å². The maximum atomic E-state index is 14.2. The topological polar surface area (TPSA) is 58.6 Å². The summed E-state index contributed by atoms with van der Waals surface area (Å²) < 4.78 is 19.4. The van der Waals surface area contributed by atoms with Gasteiger partial charge in [-0.25, -0.2) is 4.39 Å². The van der Waals surface area contributed by atoms with Crippen molar-refractivity contribution in [1.29, 1.82) is 0 Å². The zero-order valence-electron chi connectivity index (χ0n) is 17.5. The monoisotopic (exact) mass is 450 g/mol. The van der Waals surface area contributed by atoms with Gasteiger partial charge in [-0.15, -0.1) is 0 Å². The third kappa shape index (κ3) is 3.97. The summed E-state index contributed by atoms with van der Waals surface area (Å²) in [5.41, 5.74) is 2.46. The molecule has 0 spiro atoms. The fourth-order valence-electron chi connectivity index (χ4n) is 3.54. The number of anilines is 1. The average Bonchev–Trinajstić information content (AvgIpc) is 3.02. The number of nitrogens with zero attached hydrogens (tertiary/aromatic N) is 1. The SMILES string of the molecule is COc1ccc(C2=C(Nc3cccc(Cl)c3C)C(=O)N(Cc3ccccc3F)C2=O)cc1. The number of hydrogen-bond acceptors (Lipinski definition) is 4. The van der Waals surface area contributed by atoms with Crippen LogP contribution in [0.15, 0.2) is 72.4 Å². The lowest BCUT2D eigenvalue weighted by Gasteiger charge is -2.16. The number of benzene rings is 3. The molecule has 5 nitrogen and oxygen atoms in total. The molecule has 0 atom stereocenters. The van der Waals surface area contributed by atoms with E-state index in [2.05, 4.69) is 5.32 Å². The molecule has 0 fully saturated rings. The van der Waals surface area contributed by atoms with Gasteiger partial charge in [0.1, 0.15) is 17.3 Å². The van der Waals surface area contributed by atoms with E-state index in [4.69, 9.17) is 16.3 Å². The number of halogens is 2. The molecule has 0 aromatic heterocycles. The molecule has 3 aromatic rings. The summed E-state index contributed by atoms with van der Waals surface area (Å²) in [6.07, 6.45) is 0. The van der Waals surface area contributed by atoms with Crippen molar-refractivity contribution in [1.82, 2.24) is 4.90 Å². The summed E-state index contributed by atoms with van der Waals surface area (Å²) in [5.74, 6) is -0.908. The van der Waals surface area contributed by atoms with E-state index in [0.29, 0.717) is 22.0 Å². The van der Waals surface area contributed by atoms with Crippen LogP contribution in [-0.2, 0) is 16.1 Å². The van der Waals surface area contributed by atoms with E-state index in [-0.39, 0.29) is 23.4 Å². The summed E-state index contributed by atoms with van der Waals surface area (Å²) >= 11 is 6.23. The largest absolute Gasteiger partial charge is 0.497 e. The summed E-state index contributed by atoms with van der Waals surface area (Å²) in [4.78, 5) is 27.8. The fraction of sp³-hybridized carbons (Fsp3) is 0.120. The smallest absolute Gasteiger partial charge is 0.278 e. The van der Waals surface area contributed by atoms with Gasteiger partial charge in [-0.3, -0.25) is 14.5 Å². The van der Waals surface area contributed by atoms with Crippen molar-refractivity contribution in [3.63, 3.8) is 0 Å². The van der Waals surface area contributed by atoms with Gasteiger partial charge in [0.05, 0.1) is 19.2 Å². The van der Waals surface area contributed by atoms with E-state index in [1.807, 2.05) is 6.92 Å². The molecule has 0 bridgehead atoms. The van der Waals surface area contributed by atoms with Gasteiger partial charge in [0, 0.05) is 16.3 Å². The van der Waals surface area contributed by atoms with Gasteiger partial charge in [0.2, 0.25) is 0 Å². The number of ether oxygens (including phenoxy) is 1. The molecule has 1 N–H and O–H groups in total. The first-order valence-corrected chi connectivity index (χ1v) is 10.3. The van der Waals surface area contributed by atoms with Crippen LogP contribution in [0, 0.1) is 12.7 Å². The predicted molar refractivity (Wildman–Crippen MR) is 122 cm³/mol. The summed E-state index contributed by atoms with van der Waals surface area (Å²) in [7, 11) is 1.55. The molecule has 0 saturated carbocycles. The third-order valence-electron chi connectivity index (χ3n) is 5.36. The van der Waals surface area contributed by atoms with E-state index in [1.165, 1.54) is 6.07 Å². The van der Waals surface area contributed by atoms with Gasteiger partial charge >= 0.3 is 0 Å². The van der Waals surface area contributed by atoms with E-state index in [9.17, 15) is 14.0 Å². The number of amides is 2. The molecule has 0 aliphatic carbocycles. The maximum absolute atomic E-state index is 14.2. The van der Waals surface area contributed by atoms with Crippen LogP contribution >= 0.6 is 11.6 Å². The zero-order valence-corrected chi connectivity index (χ0v) is 18.2. The minimum absolute atomic E-state index is 0.113. The first-order valence-electron chi connectivity index (χ1n) is 9.91. The van der Waals surface area contributed by atoms with Crippen molar-refractivity contribution in [2.45, 2.75) is 13.5 Å². The molecular weight excluding hydrogens is 431 g/mol. The van der Waals surface area contributed by atoms with E-state index in [0.717, 1.165) is 10.5 Å². The summed E-state index contributed by atoms with van der Waals surface area (Å²) in [5, 5.41) is 3.63. The van der Waals surface area contributed by atoms with Crippen molar-refractivity contribution in [3.8, 4) is 5.75 Å². The highest BCUT2D eigenvalue weighted by Crippen LogP contribution is 2.34. The highest BCUT2D eigenvalue weighted by molar-refractivity contribution is 6.36. The van der Waals surface area contributed by atoms with Crippen LogP contribution in [-0.4, -0.2) is 23.8 Å². The molecule has 32 heavy (non-hydrogen) atoms. The highest BCUT2D eigenvalue weighted by Gasteiger charge is 2.39. The Hall–Kier alpha value is -3.64. The van der Waals surface area contributed by atoms with Crippen LogP contribution < -0.4 is 10.1 Å². The maximum Gasteiger partial charge on any atom is 0.278 e. The molecule has 1 heterocycles. The molecule has 0 saturated heterocycles. The Balaban J connectivity index is 1.78. The van der Waals surface area contributed by atoms with Crippen LogP contribution in [0.25, 0.3) is 5.57 Å². The Labute approximate surface area is 190 Å². The molecule has 4 rings (SSSR count). The van der Waals surface area contributed by atoms with Crippen molar-refractivity contribution in [2.24, 2.45) is 0 Å². The lowest BCUT2D eigenvalue weighted by molar-refractivity contribution is -0.137. The van der Waals surface area contributed by atoms with Gasteiger partial charge in [-0.05, 0) is 48.4 Å². The lowest BCUT2D eigenvalue weighted by atomic mass is 10.0. The average molecular weight is 451 g/mol. The summed E-state index contributed by atoms with van der Waals surface area (Å²) in [6, 6.07) is 18.2. The van der Waals surface area contributed by atoms with Crippen LogP contribution in [0.3, 0.4) is 0 Å². The number of nitrogens with one attached hydrogen (secondary N) is 1. The normalized spacial score (nSPS) is 13.7. The van der Waals surface area contributed by atoms with Crippen molar-refractivity contribution in [2.75, 3.05) is 12.4 Å². The number of carbonyl (C=O) groups is 2. The number of imide groups is 1. The standard InChI is InChI=1S/C25H20ClFN2O3/c1-15-19(26)7-5-9-21(15)28-23-22(16-10-12-18(32-2)13-11-16)24(30)29(25(23)31)14-17-6-3-4-8-20(17)27/h3-13,28H,14H2,1-2H3. The lowest BCUT2D eigenvalue weighted by Crippen LogP contribution is -2.32. The van der Waals surface area contributed by atoms with Crippen LogP contribution in [0.5, 0.6) is 5.75 Å². The second kappa shape index (κ2) is 8.85. The van der Waals surface area contributed by atoms with Gasteiger partial charge in [-0.2, -0.15) is 0 Å². The molecule has 162 valence electrons. The predicted octanol–water partition coefficient (Wildman–Crippen LogP) is 5.19. The Morgan fingerprint density at radius 3 is 2.38 bits per heavy atom. The van der Waals surface area contributed by atoms with Gasteiger partial charge in [0.15, 0.2) is 0 Å². The molecule has 0 radical (unpaired) electrons. The molecular formula is C25H20ClFN2O3. The molecule has 7 heteroatoms. The van der Waals surface area contributed by atoms with Gasteiger partial charge < -0.3 is 10.1 Å². The van der Waals surface area contributed by atoms with E-state index in [1.54, 1.807) is 67.8 Å². The van der Waals surface area contributed by atoms with Crippen LogP contribution in [0.4, 0.5) is 10.1 Å². The molecule has 0 unspecified atom stereocenters.